The van der Waals surface area contributed by atoms with Crippen LogP contribution < -0.4 is 9.62 Å². The molecule has 0 atom stereocenters. The average molecular weight is 571 g/mol. The second-order valence-electron chi connectivity index (χ2n) is 10.9. The van der Waals surface area contributed by atoms with Gasteiger partial charge in [0.05, 0.1) is 21.6 Å². The number of aldehydes is 1. The normalized spacial score (nSPS) is 14.7. The molecule has 11 heteroatoms. The summed E-state index contributed by atoms with van der Waals surface area (Å²) in [6.45, 7) is 10.4. The Labute approximate surface area is 235 Å². The quantitative estimate of drug-likeness (QED) is 0.270. The molecule has 0 spiro atoms. The highest BCUT2D eigenvalue weighted by Crippen LogP contribution is 2.32. The molecule has 1 aliphatic heterocycles. The van der Waals surface area contributed by atoms with E-state index in [1.54, 1.807) is 19.1 Å². The van der Waals surface area contributed by atoms with Crippen LogP contribution in [0, 0.1) is 5.92 Å². The lowest BCUT2D eigenvalue weighted by atomic mass is 9.94. The van der Waals surface area contributed by atoms with Gasteiger partial charge in [-0.25, -0.2) is 13.4 Å². The summed E-state index contributed by atoms with van der Waals surface area (Å²) in [4.78, 5) is 27.0. The van der Waals surface area contributed by atoms with E-state index in [0.29, 0.717) is 23.6 Å². The number of benzene rings is 2. The molecule has 2 heterocycles. The Morgan fingerprint density at radius 2 is 1.88 bits per heavy atom. The molecule has 4 rings (SSSR count). The summed E-state index contributed by atoms with van der Waals surface area (Å²) in [5.74, 6) is 0.912. The zero-order valence-corrected chi connectivity index (χ0v) is 24.4. The number of ether oxygens (including phenoxy) is 2. The minimum Gasteiger partial charge on any atom is -0.457 e. The summed E-state index contributed by atoms with van der Waals surface area (Å²) in [6.07, 6.45) is 2.53. The fourth-order valence-electron chi connectivity index (χ4n) is 4.93. The van der Waals surface area contributed by atoms with Crippen LogP contribution in [0.5, 0.6) is 0 Å². The van der Waals surface area contributed by atoms with Crippen LogP contribution in [-0.4, -0.2) is 63.1 Å². The molecule has 2 aromatic carbocycles. The zero-order valence-electron chi connectivity index (χ0n) is 23.6. The lowest BCUT2D eigenvalue weighted by Gasteiger charge is -2.26. The Morgan fingerprint density at radius 1 is 1.18 bits per heavy atom. The van der Waals surface area contributed by atoms with Gasteiger partial charge in [0.25, 0.3) is 10.0 Å². The van der Waals surface area contributed by atoms with Crippen molar-refractivity contribution in [2.75, 3.05) is 42.5 Å². The average Bonchev–Trinajstić information content (AvgIpc) is 3.30. The van der Waals surface area contributed by atoms with Gasteiger partial charge in [-0.05, 0) is 68.1 Å². The van der Waals surface area contributed by atoms with Crippen LogP contribution in [0.15, 0.2) is 47.4 Å². The molecule has 0 unspecified atom stereocenters. The fraction of sp³-hybridized carbons (Fsp3) is 0.483. The summed E-state index contributed by atoms with van der Waals surface area (Å²) >= 11 is 0. The highest BCUT2D eigenvalue weighted by molar-refractivity contribution is 7.92. The molecule has 1 saturated heterocycles. The Hall–Kier alpha value is -3.44. The topological polar surface area (TPSA) is 120 Å². The van der Waals surface area contributed by atoms with E-state index < -0.39 is 16.0 Å². The first-order valence-electron chi connectivity index (χ1n) is 13.6. The maximum atomic E-state index is 13.7. The van der Waals surface area contributed by atoms with Gasteiger partial charge in [0.1, 0.15) is 19.0 Å². The first kappa shape index (κ1) is 29.5. The molecule has 0 amide bonds. The van der Waals surface area contributed by atoms with Crippen LogP contribution in [0.25, 0.3) is 11.0 Å². The van der Waals surface area contributed by atoms with E-state index in [1.807, 2.05) is 18.2 Å². The molecule has 0 radical (unpaired) electrons. The Kier molecular flexibility index (Phi) is 9.15. The predicted octanol–water partition coefficient (Wildman–Crippen LogP) is 4.13. The van der Waals surface area contributed by atoms with Gasteiger partial charge >= 0.3 is 5.97 Å². The molecule has 0 bridgehead atoms. The van der Waals surface area contributed by atoms with Gasteiger partial charge in [-0.2, -0.15) is 0 Å². The standard InChI is InChI=1S/C29H38N4O6S/c1-5-33(40(36,37)24-9-6-22(7-10-24)30-19-27(35)39-17-14-34)23-8-11-26-25(18-23)31-28(29(2,3)4)32(26)20-21-12-15-38-16-13-21/h6-11,14,18,21,30H,5,12-13,15-17,19-20H2,1-4H3. The number of carbonyl (C=O) groups is 2. The van der Waals surface area contributed by atoms with Gasteiger partial charge < -0.3 is 19.4 Å². The van der Waals surface area contributed by atoms with Crippen LogP contribution in [0.2, 0.25) is 0 Å². The maximum Gasteiger partial charge on any atom is 0.325 e. The molecule has 1 fully saturated rings. The molecular formula is C29H38N4O6S. The second-order valence-corrected chi connectivity index (χ2v) is 12.8. The molecule has 1 aliphatic rings. The van der Waals surface area contributed by atoms with E-state index in [4.69, 9.17) is 14.5 Å². The van der Waals surface area contributed by atoms with Crippen molar-refractivity contribution in [1.82, 2.24) is 9.55 Å². The minimum atomic E-state index is -3.86. The van der Waals surface area contributed by atoms with Gasteiger partial charge in [-0.3, -0.25) is 13.9 Å². The monoisotopic (exact) mass is 570 g/mol. The summed E-state index contributed by atoms with van der Waals surface area (Å²) in [6, 6.07) is 11.8. The number of nitrogens with zero attached hydrogens (tertiary/aromatic N) is 3. The van der Waals surface area contributed by atoms with Gasteiger partial charge in [0.2, 0.25) is 0 Å². The number of hydrogen-bond acceptors (Lipinski definition) is 8. The molecule has 216 valence electrons. The van der Waals surface area contributed by atoms with Gasteiger partial charge in [0, 0.05) is 37.4 Å². The number of esters is 1. The van der Waals surface area contributed by atoms with Gasteiger partial charge in [0.15, 0.2) is 6.29 Å². The van der Waals surface area contributed by atoms with E-state index in [0.717, 1.165) is 49.5 Å². The van der Waals surface area contributed by atoms with Crippen molar-refractivity contribution >= 4 is 44.7 Å². The number of sulfonamides is 1. The lowest BCUT2D eigenvalue weighted by Crippen LogP contribution is -2.30. The summed E-state index contributed by atoms with van der Waals surface area (Å²) < 4.78 is 41.2. The van der Waals surface area contributed by atoms with Crippen molar-refractivity contribution in [2.45, 2.75) is 57.4 Å². The summed E-state index contributed by atoms with van der Waals surface area (Å²) in [7, 11) is -3.86. The smallest absolute Gasteiger partial charge is 0.325 e. The van der Waals surface area contributed by atoms with E-state index in [9.17, 15) is 18.0 Å². The maximum absolute atomic E-state index is 13.7. The van der Waals surface area contributed by atoms with Crippen molar-refractivity contribution < 1.29 is 27.5 Å². The van der Waals surface area contributed by atoms with E-state index in [-0.39, 0.29) is 30.0 Å². The number of nitrogens with one attached hydrogen (secondary N) is 1. The lowest BCUT2D eigenvalue weighted by molar-refractivity contribution is -0.143. The molecule has 1 aromatic heterocycles. The SMILES string of the molecule is CCN(c1ccc2c(c1)nc(C(C)(C)C)n2CC1CCOCC1)S(=O)(=O)c1ccc(NCC(=O)OCC=O)cc1. The predicted molar refractivity (Wildman–Crippen MR) is 154 cm³/mol. The van der Waals surface area contributed by atoms with Gasteiger partial charge in [-0.15, -0.1) is 0 Å². The highest BCUT2D eigenvalue weighted by Gasteiger charge is 2.28. The minimum absolute atomic E-state index is 0.129. The number of hydrogen-bond donors (Lipinski definition) is 1. The number of fused-ring (bicyclic) bond motifs is 1. The third-order valence-corrected chi connectivity index (χ3v) is 8.87. The fourth-order valence-corrected chi connectivity index (χ4v) is 6.40. The molecule has 1 N–H and O–H groups in total. The van der Waals surface area contributed by atoms with Crippen LogP contribution in [-0.2, 0) is 41.0 Å². The van der Waals surface area contributed by atoms with Crippen molar-refractivity contribution in [3.8, 4) is 0 Å². The van der Waals surface area contributed by atoms with Crippen molar-refractivity contribution in [3.63, 3.8) is 0 Å². The van der Waals surface area contributed by atoms with Crippen molar-refractivity contribution in [1.29, 1.82) is 0 Å². The Morgan fingerprint density at radius 3 is 2.50 bits per heavy atom. The van der Waals surface area contributed by atoms with E-state index in [2.05, 4.69) is 30.7 Å². The van der Waals surface area contributed by atoms with Crippen molar-refractivity contribution in [3.05, 3.63) is 48.3 Å². The summed E-state index contributed by atoms with van der Waals surface area (Å²) in [5.41, 5.74) is 2.68. The van der Waals surface area contributed by atoms with Crippen LogP contribution >= 0.6 is 0 Å². The molecule has 3 aromatic rings. The van der Waals surface area contributed by atoms with E-state index in [1.165, 1.54) is 16.4 Å². The van der Waals surface area contributed by atoms with Gasteiger partial charge in [-0.1, -0.05) is 20.8 Å². The third kappa shape index (κ3) is 6.64. The third-order valence-electron chi connectivity index (χ3n) is 6.95. The van der Waals surface area contributed by atoms with E-state index >= 15 is 0 Å². The van der Waals surface area contributed by atoms with Crippen LogP contribution in [0.4, 0.5) is 11.4 Å². The number of anilines is 2. The zero-order chi connectivity index (χ0) is 28.9. The Balaban J connectivity index is 1.59. The number of rotatable bonds is 11. The first-order valence-corrected chi connectivity index (χ1v) is 15.0. The first-order chi connectivity index (χ1) is 19.0. The molecule has 40 heavy (non-hydrogen) atoms. The van der Waals surface area contributed by atoms with Crippen LogP contribution in [0.1, 0.15) is 46.4 Å². The second kappa shape index (κ2) is 12.4. The molecule has 10 nitrogen and oxygen atoms in total. The number of carbonyl (C=O) groups excluding carboxylic acids is 2. The summed E-state index contributed by atoms with van der Waals surface area (Å²) in [5, 5.41) is 2.86. The van der Waals surface area contributed by atoms with Crippen molar-refractivity contribution in [2.24, 2.45) is 5.92 Å². The Bertz CT molecular complexity index is 1440. The highest BCUT2D eigenvalue weighted by atomic mass is 32.2. The van der Waals surface area contributed by atoms with Crippen LogP contribution in [0.3, 0.4) is 0 Å². The molecule has 0 aliphatic carbocycles. The number of aromatic nitrogens is 2. The molecular weight excluding hydrogens is 532 g/mol. The molecule has 0 saturated carbocycles. The number of imidazole rings is 1. The largest absolute Gasteiger partial charge is 0.457 e.